The molecule has 1 rings (SSSR count). The van der Waals surface area contributed by atoms with Gasteiger partial charge in [-0.15, -0.1) is 0 Å². The Kier molecular flexibility index (Phi) is 4.49. The molecule has 0 unspecified atom stereocenters. The molecule has 90 valence electrons. The average molecular weight is 227 g/mol. The van der Waals surface area contributed by atoms with Crippen LogP contribution in [-0.4, -0.2) is 38.2 Å². The summed E-state index contributed by atoms with van der Waals surface area (Å²) in [5, 5.41) is 1.15. The highest BCUT2D eigenvalue weighted by Crippen LogP contribution is 2.28. The number of hydrogen-bond acceptors (Lipinski definition) is 4. The number of ether oxygens (including phenoxy) is 1. The molecule has 0 spiro atoms. The van der Waals surface area contributed by atoms with E-state index in [2.05, 4.69) is 0 Å². The molecule has 0 N–H and O–H groups in total. The first kappa shape index (κ1) is 12.7. The second kappa shape index (κ2) is 5.65. The smallest absolute Gasteiger partial charge is 0.309 e. The van der Waals surface area contributed by atoms with E-state index in [0.29, 0.717) is 12.8 Å². The van der Waals surface area contributed by atoms with Gasteiger partial charge in [-0.2, -0.15) is 0 Å². The molecule has 1 amide bonds. The Morgan fingerprint density at radius 1 is 1.19 bits per heavy atom. The maximum atomic E-state index is 11.9. The minimum Gasteiger partial charge on any atom is -0.469 e. The number of nitrogens with zero attached hydrogens (tertiary/aromatic N) is 1. The molecule has 0 saturated carbocycles. The fraction of sp³-hybridized carbons (Fsp3) is 0.636. The number of hydroxylamine groups is 2. The normalized spacial score (nSPS) is 23.9. The first-order valence-electron chi connectivity index (χ1n) is 5.16. The van der Waals surface area contributed by atoms with Gasteiger partial charge in [-0.05, 0) is 12.8 Å². The highest BCUT2D eigenvalue weighted by Gasteiger charge is 2.36. The maximum absolute atomic E-state index is 11.9. The molecule has 0 aromatic heterocycles. The van der Waals surface area contributed by atoms with E-state index in [1.54, 1.807) is 0 Å². The van der Waals surface area contributed by atoms with Gasteiger partial charge in [-0.3, -0.25) is 14.4 Å². The second-order valence-electron chi connectivity index (χ2n) is 3.70. The van der Waals surface area contributed by atoms with Crippen molar-refractivity contribution in [1.29, 1.82) is 0 Å². The van der Waals surface area contributed by atoms with Crippen LogP contribution in [0.3, 0.4) is 0 Å². The van der Waals surface area contributed by atoms with Crippen LogP contribution >= 0.6 is 0 Å². The van der Waals surface area contributed by atoms with Gasteiger partial charge in [0.1, 0.15) is 0 Å². The predicted molar refractivity (Wildman–Crippen MR) is 57.1 cm³/mol. The van der Waals surface area contributed by atoms with E-state index in [1.165, 1.54) is 21.3 Å². The van der Waals surface area contributed by atoms with Gasteiger partial charge in [0.15, 0.2) is 0 Å². The van der Waals surface area contributed by atoms with E-state index >= 15 is 0 Å². The van der Waals surface area contributed by atoms with Crippen molar-refractivity contribution in [2.24, 2.45) is 11.8 Å². The standard InChI is InChI=1S/C11H17NO4/c1-12(16-3)10(13)8-6-4-5-7-9(8)11(14)15-2/h4-5,8-9H,6-7H2,1-3H3/t8-,9+/m0/s1. The van der Waals surface area contributed by atoms with Crippen LogP contribution in [0, 0.1) is 11.8 Å². The number of amides is 1. The largest absolute Gasteiger partial charge is 0.469 e. The van der Waals surface area contributed by atoms with Gasteiger partial charge >= 0.3 is 5.97 Å². The summed E-state index contributed by atoms with van der Waals surface area (Å²) >= 11 is 0. The van der Waals surface area contributed by atoms with Crippen LogP contribution in [0.2, 0.25) is 0 Å². The molecule has 2 atom stereocenters. The van der Waals surface area contributed by atoms with Crippen molar-refractivity contribution < 1.29 is 19.2 Å². The molecule has 0 heterocycles. The zero-order valence-electron chi connectivity index (χ0n) is 9.80. The first-order valence-corrected chi connectivity index (χ1v) is 5.16. The summed E-state index contributed by atoms with van der Waals surface area (Å²) in [6.45, 7) is 0. The Morgan fingerprint density at radius 2 is 1.75 bits per heavy atom. The minimum absolute atomic E-state index is 0.192. The van der Waals surface area contributed by atoms with Gasteiger partial charge in [0.25, 0.3) is 0 Å². The Bertz CT molecular complexity index is 300. The van der Waals surface area contributed by atoms with Gasteiger partial charge in [0, 0.05) is 7.05 Å². The lowest BCUT2D eigenvalue weighted by molar-refractivity contribution is -0.178. The van der Waals surface area contributed by atoms with Crippen molar-refractivity contribution in [3.8, 4) is 0 Å². The summed E-state index contributed by atoms with van der Waals surface area (Å²) < 4.78 is 4.70. The van der Waals surface area contributed by atoms with E-state index in [1.807, 2.05) is 12.2 Å². The lowest BCUT2D eigenvalue weighted by Crippen LogP contribution is -2.39. The topological polar surface area (TPSA) is 55.8 Å². The van der Waals surface area contributed by atoms with Crippen molar-refractivity contribution in [3.63, 3.8) is 0 Å². The van der Waals surface area contributed by atoms with Crippen LogP contribution in [0.4, 0.5) is 0 Å². The van der Waals surface area contributed by atoms with Crippen LogP contribution in [0.25, 0.3) is 0 Å². The van der Waals surface area contributed by atoms with Crippen LogP contribution < -0.4 is 0 Å². The van der Waals surface area contributed by atoms with Crippen molar-refractivity contribution in [2.45, 2.75) is 12.8 Å². The van der Waals surface area contributed by atoms with Crippen molar-refractivity contribution in [1.82, 2.24) is 5.06 Å². The Morgan fingerprint density at radius 3 is 2.25 bits per heavy atom. The fourth-order valence-corrected chi connectivity index (χ4v) is 1.82. The Hall–Kier alpha value is -1.36. The van der Waals surface area contributed by atoms with E-state index in [0.717, 1.165) is 5.06 Å². The molecule has 0 radical (unpaired) electrons. The second-order valence-corrected chi connectivity index (χ2v) is 3.70. The van der Waals surface area contributed by atoms with Crippen molar-refractivity contribution in [2.75, 3.05) is 21.3 Å². The van der Waals surface area contributed by atoms with Crippen LogP contribution in [-0.2, 0) is 19.2 Å². The number of carbonyl (C=O) groups excluding carboxylic acids is 2. The summed E-state index contributed by atoms with van der Waals surface area (Å²) in [4.78, 5) is 28.3. The van der Waals surface area contributed by atoms with Crippen LogP contribution in [0.1, 0.15) is 12.8 Å². The first-order chi connectivity index (χ1) is 7.61. The fourth-order valence-electron chi connectivity index (χ4n) is 1.82. The number of methoxy groups -OCH3 is 1. The molecule has 0 aromatic rings. The molecule has 16 heavy (non-hydrogen) atoms. The van der Waals surface area contributed by atoms with Crippen LogP contribution in [0.15, 0.2) is 12.2 Å². The summed E-state index contributed by atoms with van der Waals surface area (Å²) in [7, 11) is 4.29. The maximum Gasteiger partial charge on any atom is 0.309 e. The molecule has 1 aliphatic carbocycles. The number of carbonyl (C=O) groups is 2. The molecule has 1 aliphatic rings. The predicted octanol–water partition coefficient (Wildman–Crippen LogP) is 0.762. The zero-order chi connectivity index (χ0) is 12.1. The zero-order valence-corrected chi connectivity index (χ0v) is 9.80. The average Bonchev–Trinajstić information content (AvgIpc) is 2.35. The molecule has 5 nitrogen and oxygen atoms in total. The lowest BCUT2D eigenvalue weighted by Gasteiger charge is -2.28. The Labute approximate surface area is 95.0 Å². The molecule has 0 fully saturated rings. The molecule has 0 aliphatic heterocycles. The molecular formula is C11H17NO4. The highest BCUT2D eigenvalue weighted by atomic mass is 16.7. The van der Waals surface area contributed by atoms with Gasteiger partial charge in [0.2, 0.25) is 5.91 Å². The van der Waals surface area contributed by atoms with Crippen molar-refractivity contribution in [3.05, 3.63) is 12.2 Å². The minimum atomic E-state index is -0.403. The summed E-state index contributed by atoms with van der Waals surface area (Å²) in [5.74, 6) is -1.32. The summed E-state index contributed by atoms with van der Waals surface area (Å²) in [6, 6.07) is 0. The number of hydrogen-bond donors (Lipinski definition) is 0. The number of allylic oxidation sites excluding steroid dienone is 2. The third kappa shape index (κ3) is 2.61. The number of rotatable bonds is 3. The molecule has 5 heteroatoms. The third-order valence-electron chi connectivity index (χ3n) is 2.84. The van der Waals surface area contributed by atoms with Crippen LogP contribution in [0.5, 0.6) is 0 Å². The van der Waals surface area contributed by atoms with E-state index in [4.69, 9.17) is 9.57 Å². The summed E-state index contributed by atoms with van der Waals surface area (Å²) in [6.07, 6.45) is 4.90. The molecular weight excluding hydrogens is 210 g/mol. The molecule has 0 bridgehead atoms. The monoisotopic (exact) mass is 227 g/mol. The van der Waals surface area contributed by atoms with Gasteiger partial charge in [0.05, 0.1) is 26.1 Å². The van der Waals surface area contributed by atoms with E-state index in [-0.39, 0.29) is 17.8 Å². The SMILES string of the molecule is COC(=O)[C@@H]1CC=CC[C@@H]1C(=O)N(C)OC. The van der Waals surface area contributed by atoms with Crippen molar-refractivity contribution >= 4 is 11.9 Å². The van der Waals surface area contributed by atoms with Gasteiger partial charge in [-0.25, -0.2) is 5.06 Å². The van der Waals surface area contributed by atoms with E-state index in [9.17, 15) is 9.59 Å². The molecule has 0 aromatic carbocycles. The summed E-state index contributed by atoms with van der Waals surface area (Å²) in [5.41, 5.74) is 0. The highest BCUT2D eigenvalue weighted by molar-refractivity contribution is 5.85. The lowest BCUT2D eigenvalue weighted by atomic mass is 9.82. The Balaban J connectivity index is 2.79. The van der Waals surface area contributed by atoms with Gasteiger partial charge < -0.3 is 4.74 Å². The third-order valence-corrected chi connectivity index (χ3v) is 2.84. The quantitative estimate of drug-likeness (QED) is 0.406. The molecule has 0 saturated heterocycles. The number of esters is 1. The van der Waals surface area contributed by atoms with Gasteiger partial charge in [-0.1, -0.05) is 12.2 Å². The van der Waals surface area contributed by atoms with E-state index < -0.39 is 5.92 Å².